The fraction of sp³-hybridized carbons (Fsp3) is 0.545. The van der Waals surface area contributed by atoms with Crippen LogP contribution in [-0.4, -0.2) is 104 Å². The second-order valence-corrected chi connectivity index (χ2v) is 11.9. The molecule has 4 amide bonds. The van der Waals surface area contributed by atoms with Crippen molar-refractivity contribution in [3.8, 4) is 0 Å². The Bertz CT molecular complexity index is 1080. The molecule has 3 aliphatic heterocycles. The highest BCUT2D eigenvalue weighted by molar-refractivity contribution is 7.99. The van der Waals surface area contributed by atoms with Crippen molar-refractivity contribution in [2.45, 2.75) is 35.9 Å². The number of nitrogens with one attached hydrogen (secondary N) is 2. The van der Waals surface area contributed by atoms with Gasteiger partial charge in [0, 0.05) is 19.6 Å². The first-order valence-electron chi connectivity index (χ1n) is 11.6. The molecule has 0 aliphatic carbocycles. The number of rotatable bonds is 6. The molecule has 3 saturated heterocycles. The Kier molecular flexibility index (Phi) is 7.97. The van der Waals surface area contributed by atoms with Gasteiger partial charge >= 0.3 is 0 Å². The topological polar surface area (TPSA) is 150 Å². The van der Waals surface area contributed by atoms with Crippen LogP contribution in [0.4, 0.5) is 0 Å². The number of hydrogen-bond donors (Lipinski definition) is 3. The Morgan fingerprint density at radius 3 is 2.63 bits per heavy atom. The quantitative estimate of drug-likeness (QED) is 0.373. The predicted octanol–water partition coefficient (Wildman–Crippen LogP) is -2.47. The summed E-state index contributed by atoms with van der Waals surface area (Å²) >= 11 is 1.63. The molecule has 0 saturated carbocycles. The van der Waals surface area contributed by atoms with E-state index in [-0.39, 0.29) is 42.4 Å². The number of hydrogen-bond acceptors (Lipinski definition) is 7. The molecular formula is C22H30N5O6S2+. The summed E-state index contributed by atoms with van der Waals surface area (Å²) in [6, 6.07) is 5.70. The second-order valence-electron chi connectivity index (χ2n) is 8.83. The van der Waals surface area contributed by atoms with Crippen LogP contribution in [0.5, 0.6) is 0 Å². The maximum atomic E-state index is 13.3. The average molecular weight is 525 g/mol. The maximum Gasteiger partial charge on any atom is 0.282 e. The highest BCUT2D eigenvalue weighted by atomic mass is 32.2. The molecule has 13 heteroatoms. The number of nitrogens with zero attached hydrogens (tertiary/aromatic N) is 2. The lowest BCUT2D eigenvalue weighted by molar-refractivity contribution is -0.649. The number of carbonyl (C=O) groups excluding carboxylic acids is 4. The van der Waals surface area contributed by atoms with Gasteiger partial charge in [-0.3, -0.25) is 19.2 Å². The minimum atomic E-state index is -3.85. The largest absolute Gasteiger partial charge is 0.354 e. The summed E-state index contributed by atoms with van der Waals surface area (Å²) in [5.74, 6) is -0.949. The molecule has 1 aromatic rings. The number of quaternary nitrogens is 1. The lowest BCUT2D eigenvalue weighted by Crippen LogP contribution is -2.90. The molecule has 0 bridgehead atoms. The first kappa shape index (κ1) is 25.5. The number of thioether (sulfide) groups is 1. The number of carbonyl (C=O) groups is 4. The molecule has 190 valence electrons. The second kappa shape index (κ2) is 11.0. The average Bonchev–Trinajstić information content (AvgIpc) is 3.40. The van der Waals surface area contributed by atoms with E-state index in [2.05, 4.69) is 10.6 Å². The Morgan fingerprint density at radius 1 is 1.17 bits per heavy atom. The molecule has 3 aliphatic rings. The van der Waals surface area contributed by atoms with Gasteiger partial charge in [0.1, 0.15) is 23.7 Å². The monoisotopic (exact) mass is 524 g/mol. The van der Waals surface area contributed by atoms with Gasteiger partial charge in [0.25, 0.3) is 5.91 Å². The van der Waals surface area contributed by atoms with Crippen LogP contribution in [0.15, 0.2) is 35.2 Å². The number of nitrogens with two attached hydrogens (primary N) is 1. The van der Waals surface area contributed by atoms with Crippen molar-refractivity contribution >= 4 is 45.2 Å². The molecule has 4 rings (SSSR count). The molecule has 0 aromatic heterocycles. The number of piperidine rings is 1. The van der Waals surface area contributed by atoms with E-state index < -0.39 is 39.5 Å². The summed E-state index contributed by atoms with van der Waals surface area (Å²) in [7, 11) is -3.85. The van der Waals surface area contributed by atoms with Gasteiger partial charge in [0.05, 0.1) is 17.2 Å². The fourth-order valence-corrected chi connectivity index (χ4v) is 6.76. The van der Waals surface area contributed by atoms with E-state index in [1.807, 2.05) is 5.32 Å². The van der Waals surface area contributed by atoms with Crippen LogP contribution in [-0.2, 0) is 29.0 Å². The third-order valence-electron chi connectivity index (χ3n) is 6.45. The summed E-state index contributed by atoms with van der Waals surface area (Å²) in [6.45, 7) is 0.657. The van der Waals surface area contributed by atoms with Gasteiger partial charge in [-0.25, -0.2) is 8.42 Å². The minimum absolute atomic E-state index is 0.0500. The summed E-state index contributed by atoms with van der Waals surface area (Å²) < 4.78 is 25.4. The Balaban J connectivity index is 1.49. The number of piperazine rings is 1. The zero-order valence-corrected chi connectivity index (χ0v) is 20.9. The van der Waals surface area contributed by atoms with Crippen molar-refractivity contribution in [1.29, 1.82) is 0 Å². The Morgan fingerprint density at radius 2 is 1.94 bits per heavy atom. The molecule has 3 atom stereocenters. The predicted molar refractivity (Wildman–Crippen MR) is 128 cm³/mol. The minimum Gasteiger partial charge on any atom is -0.354 e. The van der Waals surface area contributed by atoms with Crippen molar-refractivity contribution in [3.05, 3.63) is 30.3 Å². The first-order valence-corrected chi connectivity index (χ1v) is 14.4. The number of sulfone groups is 1. The van der Waals surface area contributed by atoms with Gasteiger partial charge in [0.2, 0.25) is 17.7 Å². The smallest absolute Gasteiger partial charge is 0.282 e. The van der Waals surface area contributed by atoms with Crippen LogP contribution in [0.1, 0.15) is 12.8 Å². The van der Waals surface area contributed by atoms with E-state index in [1.165, 1.54) is 21.9 Å². The van der Waals surface area contributed by atoms with E-state index in [0.717, 1.165) is 12.3 Å². The normalized spacial score (nSPS) is 25.1. The van der Waals surface area contributed by atoms with Gasteiger partial charge < -0.3 is 25.8 Å². The number of benzene rings is 1. The van der Waals surface area contributed by atoms with Crippen LogP contribution in [0, 0.1) is 0 Å². The van der Waals surface area contributed by atoms with Crippen molar-refractivity contribution in [2.24, 2.45) is 0 Å². The molecule has 0 radical (unpaired) electrons. The van der Waals surface area contributed by atoms with Gasteiger partial charge in [-0.15, -0.1) is 0 Å². The third-order valence-corrected chi connectivity index (χ3v) is 9.09. The molecule has 3 fully saturated rings. The number of amides is 4. The van der Waals surface area contributed by atoms with Gasteiger partial charge in [-0.1, -0.05) is 30.0 Å². The molecule has 1 aromatic carbocycles. The molecular weight excluding hydrogens is 494 g/mol. The summed E-state index contributed by atoms with van der Waals surface area (Å²) in [6.07, 6.45) is 1.21. The molecule has 0 spiro atoms. The van der Waals surface area contributed by atoms with Crippen LogP contribution in [0.2, 0.25) is 0 Å². The van der Waals surface area contributed by atoms with Gasteiger partial charge in [0.15, 0.2) is 15.9 Å². The summed E-state index contributed by atoms with van der Waals surface area (Å²) in [5.41, 5.74) is 0. The van der Waals surface area contributed by atoms with Crippen LogP contribution in [0.25, 0.3) is 0 Å². The van der Waals surface area contributed by atoms with E-state index in [9.17, 15) is 27.6 Å². The molecule has 4 N–H and O–H groups in total. The molecule has 3 heterocycles. The van der Waals surface area contributed by atoms with Crippen molar-refractivity contribution in [1.82, 2.24) is 20.4 Å². The fourth-order valence-electron chi connectivity index (χ4n) is 4.47. The molecule has 35 heavy (non-hydrogen) atoms. The third kappa shape index (κ3) is 5.96. The SMILES string of the molecule is O=C1NCCC[C@@H]1NC(=O)[C@H]1CN(C(=O)CS(=O)(=O)c2ccccc2)CCN1C(=O)[C@@H]1CSC[NH2+]1. The Labute approximate surface area is 208 Å². The van der Waals surface area contributed by atoms with Crippen LogP contribution >= 0.6 is 11.8 Å². The lowest BCUT2D eigenvalue weighted by atomic mass is 10.0. The van der Waals surface area contributed by atoms with Crippen LogP contribution in [0.3, 0.4) is 0 Å². The zero-order chi connectivity index (χ0) is 25.0. The highest BCUT2D eigenvalue weighted by Crippen LogP contribution is 2.17. The van der Waals surface area contributed by atoms with Crippen molar-refractivity contribution in [3.63, 3.8) is 0 Å². The highest BCUT2D eigenvalue weighted by Gasteiger charge is 2.42. The summed E-state index contributed by atoms with van der Waals surface area (Å²) in [5, 5.41) is 7.36. The Hall–Kier alpha value is -2.64. The zero-order valence-electron chi connectivity index (χ0n) is 19.2. The van der Waals surface area contributed by atoms with E-state index in [4.69, 9.17) is 0 Å². The van der Waals surface area contributed by atoms with E-state index >= 15 is 0 Å². The van der Waals surface area contributed by atoms with E-state index in [1.54, 1.807) is 30.0 Å². The maximum absolute atomic E-state index is 13.3. The van der Waals surface area contributed by atoms with Crippen LogP contribution < -0.4 is 16.0 Å². The summed E-state index contributed by atoms with van der Waals surface area (Å²) in [4.78, 5) is 54.4. The van der Waals surface area contributed by atoms with Crippen molar-refractivity contribution < 1.29 is 32.9 Å². The molecule has 0 unspecified atom stereocenters. The standard InChI is InChI=1S/C22H29N5O6S2/c28-19(13-35(32,33)15-5-2-1-3-6-15)26-9-10-27(22(31)17-12-34-14-24-17)18(11-26)21(30)25-16-7-4-8-23-20(16)29/h1-3,5-6,16-18,24H,4,7-14H2,(H,23,29)(H,25,30)/p+1/t16-,17-,18+/m0/s1. The van der Waals surface area contributed by atoms with Gasteiger partial charge in [-0.2, -0.15) is 0 Å². The first-order chi connectivity index (χ1) is 16.8. The van der Waals surface area contributed by atoms with Crippen molar-refractivity contribution in [2.75, 3.05) is 43.6 Å². The van der Waals surface area contributed by atoms with E-state index in [0.29, 0.717) is 18.7 Å². The van der Waals surface area contributed by atoms with Gasteiger partial charge in [-0.05, 0) is 25.0 Å². The lowest BCUT2D eigenvalue weighted by Gasteiger charge is -2.41. The molecule has 11 nitrogen and oxygen atoms in total.